The standard InChI is InChI=1S/Cu.Fe.Mn.4H2O4S.Zn/c;;;4*1-5(2,3)4;/h;;;4*(H2,1,2,3,4);/q3*+2;;;;;+2/p-8. The summed E-state index contributed by atoms with van der Waals surface area (Å²) in [5.74, 6) is 0. The van der Waals surface area contributed by atoms with Crippen molar-refractivity contribution in [1.29, 1.82) is 0 Å². The van der Waals surface area contributed by atoms with Gasteiger partial charge in [0.05, 0.1) is 0 Å². The maximum Gasteiger partial charge on any atom is 2.00 e. The van der Waals surface area contributed by atoms with Gasteiger partial charge in [-0.05, 0) is 0 Å². The van der Waals surface area contributed by atoms with Crippen molar-refractivity contribution in [2.24, 2.45) is 0 Å². The van der Waals surface area contributed by atoms with E-state index in [2.05, 4.69) is 0 Å². The molecule has 0 bridgehead atoms. The second-order valence-electron chi connectivity index (χ2n) is 1.63. The van der Waals surface area contributed by atoms with Crippen molar-refractivity contribution in [3.05, 3.63) is 0 Å². The van der Waals surface area contributed by atoms with E-state index in [0.717, 1.165) is 0 Å². The zero-order valence-corrected chi connectivity index (χ0v) is 19.4. The minimum Gasteiger partial charge on any atom is -0.759 e. The molecule has 0 N–H and O–H groups in total. The summed E-state index contributed by atoms with van der Waals surface area (Å²) in [7, 11) is -20.7. The fourth-order valence-electron chi connectivity index (χ4n) is 0. The van der Waals surface area contributed by atoms with Crippen LogP contribution in [0.3, 0.4) is 0 Å². The Balaban J connectivity index is -0.0000000225. The normalized spacial score (nSPS) is 9.67. The van der Waals surface area contributed by atoms with Crippen LogP contribution in [0.15, 0.2) is 0 Å². The molecule has 0 aromatic carbocycles. The maximum atomic E-state index is 8.52. The molecular weight excluding hydrogens is 624 g/mol. The Kier molecular flexibility index (Phi) is 43.7. The summed E-state index contributed by atoms with van der Waals surface area (Å²) in [6, 6.07) is 0. The van der Waals surface area contributed by atoms with Crippen LogP contribution in [0, 0.1) is 0 Å². The Morgan fingerprint density at radius 3 is 0.417 bits per heavy atom. The molecule has 0 spiro atoms. The summed E-state index contributed by atoms with van der Waals surface area (Å²) in [6.07, 6.45) is 0. The molecule has 0 saturated heterocycles. The average Bonchev–Trinajstić information content (AvgIpc) is 1.62. The molecule has 0 aliphatic carbocycles. The van der Waals surface area contributed by atoms with Crippen LogP contribution in [-0.2, 0) is 112 Å². The molecule has 148 valence electrons. The van der Waals surface area contributed by atoms with Gasteiger partial charge in [0.25, 0.3) is 0 Å². The van der Waals surface area contributed by atoms with Gasteiger partial charge in [0, 0.05) is 41.6 Å². The van der Waals surface area contributed by atoms with Crippen molar-refractivity contribution in [3.63, 3.8) is 0 Å². The minimum atomic E-state index is -5.17. The summed E-state index contributed by atoms with van der Waals surface area (Å²) >= 11 is 0. The third-order valence-corrected chi connectivity index (χ3v) is 0. The molecular formula is CuFeMnO16S4Zn. The van der Waals surface area contributed by atoms with Crippen molar-refractivity contribution in [1.82, 2.24) is 0 Å². The molecule has 2 radical (unpaired) electrons. The fourth-order valence-corrected chi connectivity index (χ4v) is 0. The predicted octanol–water partition coefficient (Wildman–Crippen LogP) is -5.36. The Morgan fingerprint density at radius 1 is 0.417 bits per heavy atom. The van der Waals surface area contributed by atoms with Gasteiger partial charge in [0.15, 0.2) is 0 Å². The van der Waals surface area contributed by atoms with E-state index >= 15 is 0 Å². The molecule has 0 aromatic heterocycles. The van der Waals surface area contributed by atoms with Crippen LogP contribution in [0.5, 0.6) is 0 Å². The van der Waals surface area contributed by atoms with Crippen LogP contribution in [-0.4, -0.2) is 70.1 Å². The largest absolute Gasteiger partial charge is 2.00 e. The molecule has 0 aliphatic heterocycles. The Bertz CT molecular complexity index is 491. The summed E-state index contributed by atoms with van der Waals surface area (Å²) in [5, 5.41) is 0. The molecule has 16 nitrogen and oxygen atoms in total. The molecule has 0 aliphatic rings. The number of hydrogen-bond donors (Lipinski definition) is 0. The van der Waals surface area contributed by atoms with E-state index in [0.29, 0.717) is 0 Å². The van der Waals surface area contributed by atoms with Crippen molar-refractivity contribution in [2.45, 2.75) is 0 Å². The molecule has 24 heteroatoms. The van der Waals surface area contributed by atoms with Crippen LogP contribution in [0.1, 0.15) is 0 Å². The van der Waals surface area contributed by atoms with E-state index in [1.807, 2.05) is 0 Å². The van der Waals surface area contributed by atoms with Gasteiger partial charge in [-0.3, -0.25) is 33.7 Å². The molecule has 0 saturated carbocycles. The van der Waals surface area contributed by atoms with Crippen LogP contribution >= 0.6 is 0 Å². The topological polar surface area (TPSA) is 321 Å². The molecule has 0 unspecified atom stereocenters. The van der Waals surface area contributed by atoms with Gasteiger partial charge < -0.3 is 36.4 Å². The molecule has 0 rings (SSSR count). The minimum absolute atomic E-state index is 0. The SMILES string of the molecule is O=S(=O)([O-])[O-].O=S(=O)([O-])[O-].O=S(=O)([O-])[O-].O=S(=O)([O-])[O-].[Cu+2].[Fe+2].[Mn+2].[Zn+2]. The van der Waals surface area contributed by atoms with Gasteiger partial charge in [0.1, 0.15) is 0 Å². The summed E-state index contributed by atoms with van der Waals surface area (Å²) in [6.45, 7) is 0. The number of hydrogen-bond acceptors (Lipinski definition) is 16. The second kappa shape index (κ2) is 21.0. The molecule has 0 aromatic rings. The average molecular weight is 624 g/mol. The van der Waals surface area contributed by atoms with Gasteiger partial charge >= 0.3 is 70.7 Å². The van der Waals surface area contributed by atoms with Crippen molar-refractivity contribution >= 4 is 41.6 Å². The van der Waals surface area contributed by atoms with E-state index in [-0.39, 0.29) is 70.7 Å². The zero-order chi connectivity index (χ0) is 18.0. The second-order valence-corrected chi connectivity index (χ2v) is 4.90. The quantitative estimate of drug-likeness (QED) is 0.138. The molecule has 24 heavy (non-hydrogen) atoms. The molecule has 0 amide bonds. The predicted molar refractivity (Wildman–Crippen MR) is 41.9 cm³/mol. The first-order valence-electron chi connectivity index (χ1n) is 2.67. The smallest absolute Gasteiger partial charge is 0.759 e. The summed E-state index contributed by atoms with van der Waals surface area (Å²) in [5.41, 5.74) is 0. The van der Waals surface area contributed by atoms with Gasteiger partial charge in [-0.1, -0.05) is 0 Å². The first-order chi connectivity index (χ1) is 8.00. The Morgan fingerprint density at radius 2 is 0.417 bits per heavy atom. The third-order valence-electron chi connectivity index (χ3n) is 0. The molecule has 0 fully saturated rings. The molecule has 0 atom stereocenters. The third kappa shape index (κ3) is 4400. The van der Waals surface area contributed by atoms with Gasteiger partial charge in [-0.25, -0.2) is 0 Å². The summed E-state index contributed by atoms with van der Waals surface area (Å²) < 4.78 is 136. The number of rotatable bonds is 0. The Hall–Kier alpha value is 1.66. The van der Waals surface area contributed by atoms with E-state index in [4.69, 9.17) is 70.1 Å². The van der Waals surface area contributed by atoms with Crippen molar-refractivity contribution in [2.75, 3.05) is 0 Å². The maximum absolute atomic E-state index is 8.52. The van der Waals surface area contributed by atoms with E-state index in [1.54, 1.807) is 0 Å². The van der Waals surface area contributed by atoms with Gasteiger partial charge in [-0.15, -0.1) is 0 Å². The van der Waals surface area contributed by atoms with Crippen LogP contribution < -0.4 is 0 Å². The van der Waals surface area contributed by atoms with Gasteiger partial charge in [-0.2, -0.15) is 0 Å². The van der Waals surface area contributed by atoms with Gasteiger partial charge in [0.2, 0.25) is 0 Å². The van der Waals surface area contributed by atoms with Crippen molar-refractivity contribution in [3.8, 4) is 0 Å². The van der Waals surface area contributed by atoms with Crippen LogP contribution in [0.2, 0.25) is 0 Å². The van der Waals surface area contributed by atoms with E-state index in [1.165, 1.54) is 0 Å². The van der Waals surface area contributed by atoms with Crippen LogP contribution in [0.4, 0.5) is 0 Å². The zero-order valence-electron chi connectivity index (χ0n) is 9.91. The molecule has 0 heterocycles. The van der Waals surface area contributed by atoms with E-state index < -0.39 is 41.6 Å². The first-order valence-corrected chi connectivity index (χ1v) is 8.00. The fraction of sp³-hybridized carbons (Fsp3) is 0. The first kappa shape index (κ1) is 50.0. The summed E-state index contributed by atoms with van der Waals surface area (Å²) in [4.78, 5) is 0. The van der Waals surface area contributed by atoms with Crippen LogP contribution in [0.25, 0.3) is 0 Å². The van der Waals surface area contributed by atoms with Crippen molar-refractivity contribution < 1.29 is 141 Å². The monoisotopic (exact) mass is 622 g/mol. The van der Waals surface area contributed by atoms with E-state index in [9.17, 15) is 0 Å². The Labute approximate surface area is 181 Å².